The van der Waals surface area contributed by atoms with Gasteiger partial charge in [-0.25, -0.2) is 0 Å². The second kappa shape index (κ2) is 4.27. The standard InChI is InChI=1S/C10H19NOS/c1-7(2)5-9-6-12-10(13)11(9)8(3)4/h7-9H,5-6H2,1-4H3/t9-/m0/s1. The fourth-order valence-electron chi connectivity index (χ4n) is 1.83. The van der Waals surface area contributed by atoms with E-state index in [1.54, 1.807) is 0 Å². The molecule has 0 aromatic heterocycles. The molecule has 0 aliphatic carbocycles. The monoisotopic (exact) mass is 201 g/mol. The van der Waals surface area contributed by atoms with Gasteiger partial charge in [0.25, 0.3) is 5.17 Å². The Morgan fingerprint density at radius 1 is 1.46 bits per heavy atom. The van der Waals surface area contributed by atoms with Gasteiger partial charge >= 0.3 is 0 Å². The summed E-state index contributed by atoms with van der Waals surface area (Å²) in [5.74, 6) is 0.704. The van der Waals surface area contributed by atoms with Gasteiger partial charge in [-0.05, 0) is 38.4 Å². The molecule has 0 N–H and O–H groups in total. The summed E-state index contributed by atoms with van der Waals surface area (Å²) in [6, 6.07) is 0.950. The number of hydrogen-bond donors (Lipinski definition) is 0. The summed E-state index contributed by atoms with van der Waals surface area (Å²) in [6.45, 7) is 9.57. The Kier molecular flexibility index (Phi) is 3.54. The SMILES string of the molecule is CC(C)C[C@H]1COC(=S)N1C(C)C. The highest BCUT2D eigenvalue weighted by Gasteiger charge is 2.31. The largest absolute Gasteiger partial charge is 0.469 e. The van der Waals surface area contributed by atoms with Crippen LogP contribution in [0, 0.1) is 5.92 Å². The van der Waals surface area contributed by atoms with Crippen molar-refractivity contribution in [1.82, 2.24) is 4.90 Å². The molecule has 1 saturated heterocycles. The van der Waals surface area contributed by atoms with E-state index in [0.29, 0.717) is 23.2 Å². The molecule has 0 aromatic rings. The number of thiocarbonyl (C=S) groups is 1. The van der Waals surface area contributed by atoms with E-state index in [4.69, 9.17) is 17.0 Å². The lowest BCUT2D eigenvalue weighted by atomic mass is 10.0. The molecule has 0 aromatic carbocycles. The van der Waals surface area contributed by atoms with Gasteiger partial charge in [0.1, 0.15) is 6.61 Å². The highest BCUT2D eigenvalue weighted by Crippen LogP contribution is 2.21. The normalized spacial score (nSPS) is 23.1. The predicted octanol–water partition coefficient (Wildman–Crippen LogP) is 2.43. The molecule has 1 aliphatic rings. The summed E-state index contributed by atoms with van der Waals surface area (Å²) in [4.78, 5) is 2.22. The first-order valence-corrected chi connectivity index (χ1v) is 5.38. The fourth-order valence-corrected chi connectivity index (χ4v) is 2.26. The number of ether oxygens (including phenoxy) is 1. The van der Waals surface area contributed by atoms with Crippen molar-refractivity contribution in [2.24, 2.45) is 5.92 Å². The van der Waals surface area contributed by atoms with E-state index < -0.39 is 0 Å². The van der Waals surface area contributed by atoms with Gasteiger partial charge in [-0.2, -0.15) is 0 Å². The maximum Gasteiger partial charge on any atom is 0.259 e. The van der Waals surface area contributed by atoms with E-state index in [1.165, 1.54) is 6.42 Å². The van der Waals surface area contributed by atoms with Crippen LogP contribution in [-0.4, -0.2) is 28.8 Å². The third kappa shape index (κ3) is 2.56. The lowest BCUT2D eigenvalue weighted by molar-refractivity contribution is 0.249. The number of rotatable bonds is 3. The molecular weight excluding hydrogens is 182 g/mol. The van der Waals surface area contributed by atoms with Crippen LogP contribution in [0.4, 0.5) is 0 Å². The molecule has 1 aliphatic heterocycles. The molecule has 3 heteroatoms. The predicted molar refractivity (Wildman–Crippen MR) is 58.8 cm³/mol. The highest BCUT2D eigenvalue weighted by atomic mass is 32.1. The minimum absolute atomic E-state index is 0.457. The van der Waals surface area contributed by atoms with Gasteiger partial charge in [-0.15, -0.1) is 0 Å². The summed E-state index contributed by atoms with van der Waals surface area (Å²) in [6.07, 6.45) is 1.16. The van der Waals surface area contributed by atoms with E-state index in [2.05, 4.69) is 32.6 Å². The van der Waals surface area contributed by atoms with Gasteiger partial charge < -0.3 is 9.64 Å². The Morgan fingerprint density at radius 2 is 2.08 bits per heavy atom. The van der Waals surface area contributed by atoms with Crippen LogP contribution in [0.25, 0.3) is 0 Å². The van der Waals surface area contributed by atoms with Crippen LogP contribution in [0.2, 0.25) is 0 Å². The van der Waals surface area contributed by atoms with Crippen LogP contribution < -0.4 is 0 Å². The summed E-state index contributed by atoms with van der Waals surface area (Å²) in [7, 11) is 0. The molecule has 0 saturated carbocycles. The minimum Gasteiger partial charge on any atom is -0.469 e. The highest BCUT2D eigenvalue weighted by molar-refractivity contribution is 7.80. The Morgan fingerprint density at radius 3 is 2.54 bits per heavy atom. The molecule has 1 rings (SSSR count). The van der Waals surface area contributed by atoms with Gasteiger partial charge in [0.2, 0.25) is 0 Å². The second-order valence-electron chi connectivity index (χ2n) is 4.36. The van der Waals surface area contributed by atoms with Crippen LogP contribution in [0.15, 0.2) is 0 Å². The van der Waals surface area contributed by atoms with Crippen LogP contribution in [0.5, 0.6) is 0 Å². The van der Waals surface area contributed by atoms with Crippen molar-refractivity contribution in [3.05, 3.63) is 0 Å². The smallest absolute Gasteiger partial charge is 0.259 e. The Hall–Kier alpha value is -0.310. The van der Waals surface area contributed by atoms with Crippen LogP contribution in [-0.2, 0) is 4.74 Å². The molecule has 0 radical (unpaired) electrons. The first kappa shape index (κ1) is 10.8. The zero-order chi connectivity index (χ0) is 10.0. The van der Waals surface area contributed by atoms with Crippen molar-refractivity contribution < 1.29 is 4.74 Å². The quantitative estimate of drug-likeness (QED) is 0.651. The maximum atomic E-state index is 5.40. The lowest BCUT2D eigenvalue weighted by Crippen LogP contribution is -2.39. The third-order valence-corrected chi connectivity index (χ3v) is 2.63. The maximum absolute atomic E-state index is 5.40. The molecule has 1 fully saturated rings. The first-order valence-electron chi connectivity index (χ1n) is 4.97. The van der Waals surface area contributed by atoms with Crippen molar-refractivity contribution in [1.29, 1.82) is 0 Å². The molecule has 0 spiro atoms. The van der Waals surface area contributed by atoms with E-state index in [9.17, 15) is 0 Å². The van der Waals surface area contributed by atoms with E-state index >= 15 is 0 Å². The molecule has 2 nitrogen and oxygen atoms in total. The topological polar surface area (TPSA) is 12.5 Å². The number of hydrogen-bond acceptors (Lipinski definition) is 2. The minimum atomic E-state index is 0.457. The Labute approximate surface area is 86.3 Å². The number of nitrogens with zero attached hydrogens (tertiary/aromatic N) is 1. The summed E-state index contributed by atoms with van der Waals surface area (Å²) >= 11 is 5.15. The van der Waals surface area contributed by atoms with Crippen molar-refractivity contribution >= 4 is 17.4 Å². The van der Waals surface area contributed by atoms with Crippen molar-refractivity contribution in [3.63, 3.8) is 0 Å². The van der Waals surface area contributed by atoms with Gasteiger partial charge in [-0.1, -0.05) is 13.8 Å². The lowest BCUT2D eigenvalue weighted by Gasteiger charge is -2.27. The first-order chi connectivity index (χ1) is 6.02. The fraction of sp³-hybridized carbons (Fsp3) is 0.900. The van der Waals surface area contributed by atoms with Crippen molar-refractivity contribution in [2.75, 3.05) is 6.61 Å². The average molecular weight is 201 g/mol. The summed E-state index contributed by atoms with van der Waals surface area (Å²) < 4.78 is 5.40. The molecule has 0 bridgehead atoms. The van der Waals surface area contributed by atoms with E-state index in [0.717, 1.165) is 6.61 Å². The molecule has 13 heavy (non-hydrogen) atoms. The molecular formula is C10H19NOS. The van der Waals surface area contributed by atoms with Crippen molar-refractivity contribution in [2.45, 2.75) is 46.2 Å². The van der Waals surface area contributed by atoms with Gasteiger partial charge in [0, 0.05) is 6.04 Å². The van der Waals surface area contributed by atoms with E-state index in [1.807, 2.05) is 0 Å². The molecule has 76 valence electrons. The van der Waals surface area contributed by atoms with Gasteiger partial charge in [-0.3, -0.25) is 0 Å². The Bertz CT molecular complexity index is 191. The average Bonchev–Trinajstić information content (AvgIpc) is 2.30. The van der Waals surface area contributed by atoms with Crippen LogP contribution in [0.1, 0.15) is 34.1 Å². The molecule has 0 unspecified atom stereocenters. The van der Waals surface area contributed by atoms with Gasteiger partial charge in [0.15, 0.2) is 0 Å². The second-order valence-corrected chi connectivity index (χ2v) is 4.71. The van der Waals surface area contributed by atoms with Crippen molar-refractivity contribution in [3.8, 4) is 0 Å². The van der Waals surface area contributed by atoms with Crippen LogP contribution >= 0.6 is 12.2 Å². The van der Waals surface area contributed by atoms with Gasteiger partial charge in [0.05, 0.1) is 6.04 Å². The molecule has 1 heterocycles. The zero-order valence-electron chi connectivity index (χ0n) is 8.91. The summed E-state index contributed by atoms with van der Waals surface area (Å²) in [5, 5.41) is 0.681. The van der Waals surface area contributed by atoms with E-state index in [-0.39, 0.29) is 0 Å². The molecule has 0 amide bonds. The Balaban J connectivity index is 2.59. The third-order valence-electron chi connectivity index (χ3n) is 2.30. The summed E-state index contributed by atoms with van der Waals surface area (Å²) in [5.41, 5.74) is 0. The van der Waals surface area contributed by atoms with Crippen LogP contribution in [0.3, 0.4) is 0 Å². The molecule has 1 atom stereocenters. The zero-order valence-corrected chi connectivity index (χ0v) is 9.73.